The number of esters is 1. The van der Waals surface area contributed by atoms with Crippen LogP contribution in [0.15, 0.2) is 36.4 Å². The van der Waals surface area contributed by atoms with E-state index in [1.165, 1.54) is 6.92 Å². The van der Waals surface area contributed by atoms with Crippen molar-refractivity contribution in [3.63, 3.8) is 0 Å². The third kappa shape index (κ3) is 4.57. The number of anilines is 1. The highest BCUT2D eigenvalue weighted by atomic mass is 16.5. The molecule has 0 radical (unpaired) electrons. The number of carbonyl (C=O) groups excluding carboxylic acids is 3. The minimum atomic E-state index is -0.908. The number of hydrogen-bond acceptors (Lipinski definition) is 4. The predicted octanol–water partition coefficient (Wildman–Crippen LogP) is 4.00. The maximum absolute atomic E-state index is 12.5. The van der Waals surface area contributed by atoms with Crippen molar-refractivity contribution in [3.8, 4) is 0 Å². The Bertz CT molecular complexity index is 830. The lowest BCUT2D eigenvalue weighted by Gasteiger charge is -2.15. The minimum Gasteiger partial charge on any atom is -0.451 e. The minimum absolute atomic E-state index is 0.185. The summed E-state index contributed by atoms with van der Waals surface area (Å²) in [7, 11) is 0. The van der Waals surface area contributed by atoms with Gasteiger partial charge in [0.25, 0.3) is 0 Å². The molecule has 1 N–H and O–H groups in total. The quantitative estimate of drug-likeness (QED) is 0.651. The van der Waals surface area contributed by atoms with E-state index in [2.05, 4.69) is 5.32 Å². The molecule has 2 rings (SSSR count). The van der Waals surface area contributed by atoms with Crippen molar-refractivity contribution in [2.45, 2.75) is 40.7 Å². The van der Waals surface area contributed by atoms with E-state index in [0.717, 1.165) is 16.7 Å². The Labute approximate surface area is 153 Å². The van der Waals surface area contributed by atoms with Gasteiger partial charge < -0.3 is 10.1 Å². The van der Waals surface area contributed by atoms with Gasteiger partial charge in [-0.25, -0.2) is 4.79 Å². The van der Waals surface area contributed by atoms with Crippen LogP contribution >= 0.6 is 0 Å². The van der Waals surface area contributed by atoms with Gasteiger partial charge in [-0.15, -0.1) is 0 Å². The molecule has 26 heavy (non-hydrogen) atoms. The van der Waals surface area contributed by atoms with Gasteiger partial charge in [0.2, 0.25) is 11.7 Å². The molecule has 0 bridgehead atoms. The number of rotatable bonds is 5. The van der Waals surface area contributed by atoms with Crippen LogP contribution in [0.4, 0.5) is 5.69 Å². The Hall–Kier alpha value is -2.95. The molecule has 136 valence electrons. The van der Waals surface area contributed by atoms with Crippen molar-refractivity contribution in [3.05, 3.63) is 64.2 Å². The molecule has 0 aromatic heterocycles. The van der Waals surface area contributed by atoms with Gasteiger partial charge in [0.1, 0.15) is 0 Å². The molecule has 0 saturated carbocycles. The SMILES string of the molecule is CC(=O)Nc1ccc(C(=O)C(C)OC(=O)c2c(C)cc(C)cc2C)cc1. The number of amides is 1. The van der Waals surface area contributed by atoms with E-state index < -0.39 is 12.1 Å². The summed E-state index contributed by atoms with van der Waals surface area (Å²) in [6, 6.07) is 10.3. The van der Waals surface area contributed by atoms with Gasteiger partial charge in [-0.2, -0.15) is 0 Å². The topological polar surface area (TPSA) is 72.5 Å². The normalized spacial score (nSPS) is 11.6. The van der Waals surface area contributed by atoms with E-state index in [1.54, 1.807) is 31.2 Å². The van der Waals surface area contributed by atoms with E-state index in [0.29, 0.717) is 16.8 Å². The molecule has 1 amide bonds. The molecule has 0 aliphatic heterocycles. The first kappa shape index (κ1) is 19.4. The predicted molar refractivity (Wildman–Crippen MR) is 101 cm³/mol. The van der Waals surface area contributed by atoms with E-state index in [-0.39, 0.29) is 11.7 Å². The van der Waals surface area contributed by atoms with Crippen molar-refractivity contribution in [1.82, 2.24) is 0 Å². The van der Waals surface area contributed by atoms with Crippen LogP contribution in [0, 0.1) is 20.8 Å². The maximum Gasteiger partial charge on any atom is 0.339 e. The number of benzene rings is 2. The second-order valence-corrected chi connectivity index (χ2v) is 6.44. The summed E-state index contributed by atoms with van der Waals surface area (Å²) in [6.07, 6.45) is -0.908. The number of carbonyl (C=O) groups is 3. The van der Waals surface area contributed by atoms with Crippen LogP contribution in [0.2, 0.25) is 0 Å². The van der Waals surface area contributed by atoms with Crippen molar-refractivity contribution in [2.75, 3.05) is 5.32 Å². The fourth-order valence-electron chi connectivity index (χ4n) is 2.93. The van der Waals surface area contributed by atoms with Crippen molar-refractivity contribution in [1.29, 1.82) is 0 Å². The van der Waals surface area contributed by atoms with E-state index >= 15 is 0 Å². The maximum atomic E-state index is 12.5. The third-order valence-electron chi connectivity index (χ3n) is 4.02. The highest BCUT2D eigenvalue weighted by Gasteiger charge is 2.22. The molecule has 0 fully saturated rings. The van der Waals surface area contributed by atoms with Crippen molar-refractivity contribution in [2.24, 2.45) is 0 Å². The Morgan fingerprint density at radius 2 is 1.50 bits per heavy atom. The summed E-state index contributed by atoms with van der Waals surface area (Å²) in [5, 5.41) is 2.64. The van der Waals surface area contributed by atoms with Crippen molar-refractivity contribution < 1.29 is 19.1 Å². The van der Waals surface area contributed by atoms with E-state index in [9.17, 15) is 14.4 Å². The van der Waals surface area contributed by atoms with Crippen LogP contribution in [0.1, 0.15) is 51.3 Å². The molecule has 5 heteroatoms. The van der Waals surface area contributed by atoms with E-state index in [1.807, 2.05) is 32.9 Å². The van der Waals surface area contributed by atoms with E-state index in [4.69, 9.17) is 4.74 Å². The van der Waals surface area contributed by atoms with Crippen LogP contribution in [-0.4, -0.2) is 23.8 Å². The molecule has 2 aromatic carbocycles. The van der Waals surface area contributed by atoms with Gasteiger partial charge in [-0.1, -0.05) is 17.7 Å². The zero-order valence-electron chi connectivity index (χ0n) is 15.7. The zero-order chi connectivity index (χ0) is 19.4. The number of nitrogens with one attached hydrogen (secondary N) is 1. The van der Waals surface area contributed by atoms with Crippen molar-refractivity contribution >= 4 is 23.3 Å². The van der Waals surface area contributed by atoms with Crippen LogP contribution in [0.3, 0.4) is 0 Å². The smallest absolute Gasteiger partial charge is 0.339 e. The Morgan fingerprint density at radius 1 is 0.962 bits per heavy atom. The van der Waals surface area contributed by atoms with Gasteiger partial charge in [-0.05, 0) is 63.1 Å². The number of Topliss-reactive ketones (excluding diaryl/α,β-unsaturated/α-hetero) is 1. The lowest BCUT2D eigenvalue weighted by atomic mass is 10.00. The standard InChI is InChI=1S/C21H23NO4/c1-12-10-13(2)19(14(3)11-12)21(25)26-15(4)20(24)17-6-8-18(9-7-17)22-16(5)23/h6-11,15H,1-5H3,(H,22,23). The highest BCUT2D eigenvalue weighted by Crippen LogP contribution is 2.19. The van der Waals surface area contributed by atoms with Crippen LogP contribution in [0.5, 0.6) is 0 Å². The fraction of sp³-hybridized carbons (Fsp3) is 0.286. The average Bonchev–Trinajstić information content (AvgIpc) is 2.53. The first-order valence-electron chi connectivity index (χ1n) is 8.39. The third-order valence-corrected chi connectivity index (χ3v) is 4.02. The molecule has 5 nitrogen and oxygen atoms in total. The van der Waals surface area contributed by atoms with Gasteiger partial charge in [0.15, 0.2) is 6.10 Å². The number of ether oxygens (including phenoxy) is 1. The summed E-state index contributed by atoms with van der Waals surface area (Å²) in [4.78, 5) is 36.0. The Balaban J connectivity index is 2.11. The highest BCUT2D eigenvalue weighted by molar-refractivity contribution is 6.02. The molecule has 1 unspecified atom stereocenters. The van der Waals surface area contributed by atoms with Crippen LogP contribution < -0.4 is 5.32 Å². The first-order valence-corrected chi connectivity index (χ1v) is 8.39. The summed E-state index contributed by atoms with van der Waals surface area (Å²) in [6.45, 7) is 8.63. The molecule has 0 aliphatic carbocycles. The molecule has 0 aliphatic rings. The molecular formula is C21H23NO4. The molecule has 0 spiro atoms. The molecule has 1 atom stereocenters. The lowest BCUT2D eigenvalue weighted by Crippen LogP contribution is -2.25. The molecule has 2 aromatic rings. The zero-order valence-corrected chi connectivity index (χ0v) is 15.7. The van der Waals surface area contributed by atoms with Crippen LogP contribution in [0.25, 0.3) is 0 Å². The van der Waals surface area contributed by atoms with Crippen LogP contribution in [-0.2, 0) is 9.53 Å². The second kappa shape index (κ2) is 7.95. The summed E-state index contributed by atoms with van der Waals surface area (Å²) >= 11 is 0. The Kier molecular flexibility index (Phi) is 5.93. The largest absolute Gasteiger partial charge is 0.451 e. The molecular weight excluding hydrogens is 330 g/mol. The molecule has 0 heterocycles. The van der Waals surface area contributed by atoms with Gasteiger partial charge >= 0.3 is 5.97 Å². The van der Waals surface area contributed by atoms with Gasteiger partial charge in [-0.3, -0.25) is 9.59 Å². The summed E-state index contributed by atoms with van der Waals surface area (Å²) in [5.41, 5.74) is 4.23. The number of aryl methyl sites for hydroxylation is 3. The number of hydrogen-bond donors (Lipinski definition) is 1. The lowest BCUT2D eigenvalue weighted by molar-refractivity contribution is -0.114. The molecule has 0 saturated heterocycles. The average molecular weight is 353 g/mol. The van der Waals surface area contributed by atoms with Gasteiger partial charge in [0.05, 0.1) is 5.56 Å². The second-order valence-electron chi connectivity index (χ2n) is 6.44. The Morgan fingerprint density at radius 3 is 2.00 bits per heavy atom. The van der Waals surface area contributed by atoms with Gasteiger partial charge in [0, 0.05) is 18.2 Å². The summed E-state index contributed by atoms with van der Waals surface area (Å²) < 4.78 is 5.39. The summed E-state index contributed by atoms with van der Waals surface area (Å²) in [5.74, 6) is -0.985. The fourth-order valence-corrected chi connectivity index (χ4v) is 2.93. The number of ketones is 1. The first-order chi connectivity index (χ1) is 12.2. The monoisotopic (exact) mass is 353 g/mol.